The summed E-state index contributed by atoms with van der Waals surface area (Å²) in [6.45, 7) is 4.56. The molecule has 16 nitrogen and oxygen atoms in total. The highest BCUT2D eigenvalue weighted by Gasteiger charge is 2.50. The van der Waals surface area contributed by atoms with Gasteiger partial charge in [-0.25, -0.2) is 28.1 Å². The van der Waals surface area contributed by atoms with Crippen LogP contribution in [-0.2, 0) is 14.8 Å². The van der Waals surface area contributed by atoms with Crippen molar-refractivity contribution in [1.82, 2.24) is 34.4 Å². The zero-order valence-corrected chi connectivity index (χ0v) is 36.4. The van der Waals surface area contributed by atoms with E-state index < -0.39 is 31.4 Å². The molecule has 4 aromatic heterocycles. The van der Waals surface area contributed by atoms with Gasteiger partial charge < -0.3 is 15.0 Å². The lowest BCUT2D eigenvalue weighted by atomic mass is 9.59. The number of anilines is 2. The molecule has 3 N–H and O–H groups in total. The molecular formula is C47H52N10O6S. The second-order valence-corrected chi connectivity index (χ2v) is 20.3. The number of nitro groups is 1. The number of carbonyl (C=O) groups is 1. The number of amides is 1. The third kappa shape index (κ3) is 7.66. The van der Waals surface area contributed by atoms with Crippen molar-refractivity contribution in [3.05, 3.63) is 106 Å². The van der Waals surface area contributed by atoms with E-state index in [2.05, 4.69) is 59.2 Å². The number of aromatic amines is 1. The lowest BCUT2D eigenvalue weighted by molar-refractivity contribution is -0.384. The maximum atomic E-state index is 14.2. The van der Waals surface area contributed by atoms with Crippen LogP contribution in [0.15, 0.2) is 84.1 Å². The first kappa shape index (κ1) is 40.8. The maximum Gasteiger partial charge on any atom is 0.312 e. The number of rotatable bonds is 12. The zero-order valence-electron chi connectivity index (χ0n) is 35.6. The van der Waals surface area contributed by atoms with E-state index in [1.165, 1.54) is 45.1 Å². The van der Waals surface area contributed by atoms with Crippen molar-refractivity contribution in [2.45, 2.75) is 87.1 Å². The number of H-pyrrole nitrogens is 1. The smallest absolute Gasteiger partial charge is 0.312 e. The molecule has 1 amide bonds. The molecule has 11 rings (SSSR count). The van der Waals surface area contributed by atoms with Crippen molar-refractivity contribution in [3.8, 4) is 5.69 Å². The summed E-state index contributed by atoms with van der Waals surface area (Å²) >= 11 is 0. The molecule has 2 aromatic carbocycles. The Morgan fingerprint density at radius 2 is 1.75 bits per heavy atom. The van der Waals surface area contributed by atoms with Gasteiger partial charge in [-0.15, -0.1) is 0 Å². The number of hydrogen-bond acceptors (Lipinski definition) is 12. The van der Waals surface area contributed by atoms with Gasteiger partial charge >= 0.3 is 5.69 Å². The number of pyridine rings is 2. The summed E-state index contributed by atoms with van der Waals surface area (Å²) in [5, 5.41) is 19.2. The largest absolute Gasteiger partial charge is 0.381 e. The van der Waals surface area contributed by atoms with Gasteiger partial charge in [-0.1, -0.05) is 24.3 Å². The van der Waals surface area contributed by atoms with E-state index >= 15 is 0 Å². The van der Waals surface area contributed by atoms with Gasteiger partial charge in [0.1, 0.15) is 10.4 Å². The van der Waals surface area contributed by atoms with Crippen LogP contribution < -0.4 is 14.9 Å². The Bertz CT molecular complexity index is 2870. The van der Waals surface area contributed by atoms with Crippen LogP contribution in [0.25, 0.3) is 27.8 Å². The molecule has 0 unspecified atom stereocenters. The molecule has 332 valence electrons. The van der Waals surface area contributed by atoms with E-state index in [1.54, 1.807) is 34.3 Å². The fraction of sp³-hybridized carbons (Fsp3) is 0.447. The first-order valence-corrected chi connectivity index (χ1v) is 24.2. The lowest BCUT2D eigenvalue weighted by Gasteiger charge is -2.56. The summed E-state index contributed by atoms with van der Waals surface area (Å²) in [6, 6.07) is 20.5. The number of likely N-dealkylation sites (tertiary alicyclic amines) is 1. The molecule has 2 saturated carbocycles. The van der Waals surface area contributed by atoms with E-state index in [4.69, 9.17) is 9.72 Å². The van der Waals surface area contributed by atoms with Crippen LogP contribution in [0.5, 0.6) is 0 Å². The van der Waals surface area contributed by atoms with E-state index in [-0.39, 0.29) is 17.3 Å². The highest BCUT2D eigenvalue weighted by molar-refractivity contribution is 7.90. The molecule has 1 spiro atoms. The molecule has 64 heavy (non-hydrogen) atoms. The molecule has 6 aromatic rings. The third-order valence-corrected chi connectivity index (χ3v) is 16.0. The molecule has 1 atom stereocenters. The Balaban J connectivity index is 0.831. The van der Waals surface area contributed by atoms with Crippen LogP contribution in [0.4, 0.5) is 17.2 Å². The van der Waals surface area contributed by atoms with Gasteiger partial charge in [-0.3, -0.25) is 29.6 Å². The van der Waals surface area contributed by atoms with Crippen molar-refractivity contribution in [3.63, 3.8) is 0 Å². The minimum atomic E-state index is -4.60. The first-order chi connectivity index (χ1) is 31.1. The van der Waals surface area contributed by atoms with Crippen molar-refractivity contribution < 1.29 is 22.9 Å². The quantitative estimate of drug-likeness (QED) is 0.0805. The summed E-state index contributed by atoms with van der Waals surface area (Å²) < 4.78 is 36.9. The number of ether oxygens (including phenoxy) is 1. The molecule has 5 aliphatic rings. The van der Waals surface area contributed by atoms with Crippen LogP contribution in [0, 0.1) is 21.4 Å². The number of sulfonamides is 1. The standard InChI is InChI=1S/C47H52N10O6S/c58-46(53-64(61,62)35-24-43(57(59)60)45(50-28-35)49-27-30-12-20-63-21-13-30)38-10-9-33(23-41(38)56-42-22-32-11-16-48-44(32)52-39(42)29-51-56)54-18-14-47(15-19-54)25-34(26-47)55-17-3-6-40(55)37-5-2-1-4-36(37)31-7-8-31/h1-2,4-5,9-11,16,22-24,28-31,34,40,51H,3,6-8,12-15,17-21,25-27H2,(H,49,50)(H,53,58)/t40-/m1/s1. The molecular weight excluding hydrogens is 833 g/mol. The van der Waals surface area contributed by atoms with Gasteiger partial charge in [0.05, 0.1) is 27.9 Å². The molecule has 0 radical (unpaired) electrons. The number of carbonyl (C=O) groups excluding carboxylic acids is 1. The fourth-order valence-corrected chi connectivity index (χ4v) is 11.9. The summed E-state index contributed by atoms with van der Waals surface area (Å²) in [7, 11) is -4.60. The van der Waals surface area contributed by atoms with Gasteiger partial charge in [-0.2, -0.15) is 0 Å². The van der Waals surface area contributed by atoms with E-state index in [1.807, 2.05) is 24.3 Å². The molecule has 3 aliphatic heterocycles. The van der Waals surface area contributed by atoms with Crippen LogP contribution in [0.3, 0.4) is 0 Å². The number of fused-ring (bicyclic) bond motifs is 2. The van der Waals surface area contributed by atoms with Crippen molar-refractivity contribution in [1.29, 1.82) is 0 Å². The molecule has 17 heteroatoms. The second kappa shape index (κ2) is 16.3. The predicted molar refractivity (Wildman–Crippen MR) is 242 cm³/mol. The Morgan fingerprint density at radius 3 is 2.53 bits per heavy atom. The topological polar surface area (TPSA) is 194 Å². The first-order valence-electron chi connectivity index (χ1n) is 22.7. The highest BCUT2D eigenvalue weighted by atomic mass is 32.2. The van der Waals surface area contributed by atoms with Gasteiger partial charge in [0.2, 0.25) is 5.82 Å². The van der Waals surface area contributed by atoms with E-state index in [0.29, 0.717) is 59.6 Å². The Kier molecular flexibility index (Phi) is 10.4. The van der Waals surface area contributed by atoms with Crippen LogP contribution in [-0.4, -0.2) is 94.3 Å². The fourth-order valence-electron chi connectivity index (χ4n) is 11.0. The number of piperidine rings is 1. The minimum absolute atomic E-state index is 0.0382. The Hall–Kier alpha value is -5.91. The van der Waals surface area contributed by atoms with Crippen LogP contribution in [0.1, 0.15) is 97.7 Å². The normalized spacial score (nSPS) is 20.8. The Morgan fingerprint density at radius 1 is 0.953 bits per heavy atom. The number of benzene rings is 2. The van der Waals surface area contributed by atoms with Gasteiger partial charge in [0.15, 0.2) is 5.65 Å². The van der Waals surface area contributed by atoms with Gasteiger partial charge in [0, 0.05) is 74.5 Å². The van der Waals surface area contributed by atoms with Crippen LogP contribution >= 0.6 is 0 Å². The average Bonchev–Trinajstić information content (AvgIpc) is 3.63. The minimum Gasteiger partial charge on any atom is -0.381 e. The predicted octanol–water partition coefficient (Wildman–Crippen LogP) is 7.63. The summed E-state index contributed by atoms with van der Waals surface area (Å²) in [6.07, 6.45) is 15.8. The summed E-state index contributed by atoms with van der Waals surface area (Å²) in [4.78, 5) is 43.5. The van der Waals surface area contributed by atoms with Gasteiger partial charge in [0.25, 0.3) is 15.9 Å². The summed E-state index contributed by atoms with van der Waals surface area (Å²) in [5.41, 5.74) is 6.26. The molecule has 5 fully saturated rings. The van der Waals surface area contributed by atoms with E-state index in [9.17, 15) is 23.3 Å². The zero-order chi connectivity index (χ0) is 43.6. The lowest BCUT2D eigenvalue weighted by Crippen LogP contribution is -2.55. The number of nitrogens with zero attached hydrogens (tertiary/aromatic N) is 7. The van der Waals surface area contributed by atoms with Gasteiger partial charge in [-0.05, 0) is 129 Å². The molecule has 3 saturated heterocycles. The Labute approximate surface area is 371 Å². The van der Waals surface area contributed by atoms with Crippen molar-refractivity contribution in [2.24, 2.45) is 11.3 Å². The van der Waals surface area contributed by atoms with E-state index in [0.717, 1.165) is 68.0 Å². The van der Waals surface area contributed by atoms with Crippen molar-refractivity contribution in [2.75, 3.05) is 49.6 Å². The average molecular weight is 885 g/mol. The molecule has 7 heterocycles. The number of hydrogen-bond donors (Lipinski definition) is 3. The molecule has 0 bridgehead atoms. The van der Waals surface area contributed by atoms with Crippen LogP contribution in [0.2, 0.25) is 0 Å². The maximum absolute atomic E-state index is 14.2. The van der Waals surface area contributed by atoms with Crippen molar-refractivity contribution >= 4 is 55.2 Å². The highest BCUT2D eigenvalue weighted by Crippen LogP contribution is 2.55. The third-order valence-electron chi connectivity index (χ3n) is 14.7. The number of nitrogens with one attached hydrogen (secondary N) is 3. The monoisotopic (exact) mass is 884 g/mol. The second-order valence-electron chi connectivity index (χ2n) is 18.6. The molecule has 2 aliphatic carbocycles. The number of aromatic nitrogens is 5. The summed E-state index contributed by atoms with van der Waals surface area (Å²) in [5.74, 6) is 0.0493. The SMILES string of the molecule is O=C(NS(=O)(=O)c1cnc(NCC2CCOCC2)c([N+](=O)[O-])c1)c1ccc(N2CCC3(CC2)CC(N2CCC[C@@H]2c2ccccc2C2CC2)C3)cc1-n1[nH]cc2nc3nccc3cc21.